The van der Waals surface area contributed by atoms with Gasteiger partial charge in [-0.3, -0.25) is 0 Å². The summed E-state index contributed by atoms with van der Waals surface area (Å²) >= 11 is 0. The van der Waals surface area contributed by atoms with Crippen molar-refractivity contribution in [1.29, 1.82) is 0 Å². The van der Waals surface area contributed by atoms with Crippen LogP contribution in [0.2, 0.25) is 0 Å². The summed E-state index contributed by atoms with van der Waals surface area (Å²) in [5.74, 6) is 2.32. The average Bonchev–Trinajstić information content (AvgIpc) is 3.14. The standard InChI is InChI=1S/C22H17N3O2/c1-3-11-27-22(26)16-13-15-12-14(4-2)9-10-17(15)23-20(16)21-24-18-7-5-6-8-19(18)25-21/h1,5-10,12-13H,4,11H2,2H3,(H,24,25). The van der Waals surface area contributed by atoms with Crippen LogP contribution >= 0.6 is 0 Å². The zero-order valence-corrected chi connectivity index (χ0v) is 14.8. The minimum atomic E-state index is -0.514. The fourth-order valence-corrected chi connectivity index (χ4v) is 3.03. The molecule has 0 aliphatic heterocycles. The Morgan fingerprint density at radius 3 is 2.78 bits per heavy atom. The second-order valence-electron chi connectivity index (χ2n) is 6.15. The Labute approximate surface area is 156 Å². The monoisotopic (exact) mass is 355 g/mol. The number of carbonyl (C=O) groups is 1. The summed E-state index contributed by atoms with van der Waals surface area (Å²) in [7, 11) is 0. The first-order chi connectivity index (χ1) is 13.2. The molecule has 132 valence electrons. The Morgan fingerprint density at radius 2 is 2.00 bits per heavy atom. The molecule has 0 fully saturated rings. The fraction of sp³-hybridized carbons (Fsp3) is 0.136. The van der Waals surface area contributed by atoms with Gasteiger partial charge in [0.05, 0.1) is 22.1 Å². The minimum Gasteiger partial charge on any atom is -0.449 e. The van der Waals surface area contributed by atoms with Gasteiger partial charge in [-0.05, 0) is 42.3 Å². The number of nitrogens with one attached hydrogen (secondary N) is 1. The van der Waals surface area contributed by atoms with Gasteiger partial charge in [-0.1, -0.05) is 31.0 Å². The Bertz CT molecular complexity index is 1170. The van der Waals surface area contributed by atoms with Gasteiger partial charge in [0, 0.05) is 5.39 Å². The van der Waals surface area contributed by atoms with Crippen molar-refractivity contribution in [2.24, 2.45) is 0 Å². The number of pyridine rings is 1. The van der Waals surface area contributed by atoms with E-state index in [9.17, 15) is 4.79 Å². The van der Waals surface area contributed by atoms with Crippen LogP contribution in [0.5, 0.6) is 0 Å². The lowest BCUT2D eigenvalue weighted by Crippen LogP contribution is -2.09. The number of fused-ring (bicyclic) bond motifs is 2. The van der Waals surface area contributed by atoms with E-state index in [1.807, 2.05) is 42.5 Å². The molecule has 0 saturated carbocycles. The highest BCUT2D eigenvalue weighted by Crippen LogP contribution is 2.27. The summed E-state index contributed by atoms with van der Waals surface area (Å²) < 4.78 is 5.16. The second kappa shape index (κ2) is 6.93. The molecule has 0 amide bonds. The summed E-state index contributed by atoms with van der Waals surface area (Å²) in [6.45, 7) is 1.99. The van der Waals surface area contributed by atoms with Crippen LogP contribution in [-0.4, -0.2) is 27.5 Å². The molecule has 2 aromatic carbocycles. The van der Waals surface area contributed by atoms with Gasteiger partial charge in [0.1, 0.15) is 5.69 Å². The van der Waals surface area contributed by atoms with Crippen molar-refractivity contribution < 1.29 is 9.53 Å². The topological polar surface area (TPSA) is 67.9 Å². The van der Waals surface area contributed by atoms with E-state index in [-0.39, 0.29) is 6.61 Å². The summed E-state index contributed by atoms with van der Waals surface area (Å²) in [6, 6.07) is 15.5. The number of terminal acetylenes is 1. The van der Waals surface area contributed by atoms with Gasteiger partial charge in [0.2, 0.25) is 0 Å². The maximum Gasteiger partial charge on any atom is 0.341 e. The van der Waals surface area contributed by atoms with Crippen molar-refractivity contribution in [2.75, 3.05) is 6.61 Å². The van der Waals surface area contributed by atoms with E-state index in [2.05, 4.69) is 22.8 Å². The number of esters is 1. The molecule has 2 heterocycles. The van der Waals surface area contributed by atoms with Crippen LogP contribution in [0, 0.1) is 12.3 Å². The predicted molar refractivity (Wildman–Crippen MR) is 105 cm³/mol. The molecule has 0 spiro atoms. The largest absolute Gasteiger partial charge is 0.449 e. The SMILES string of the molecule is C#CCOC(=O)c1cc2cc(CC)ccc2nc1-c1nc2ccccc2[nH]1. The van der Waals surface area contributed by atoms with Crippen molar-refractivity contribution in [3.63, 3.8) is 0 Å². The first-order valence-electron chi connectivity index (χ1n) is 8.69. The number of carbonyl (C=O) groups excluding carboxylic acids is 1. The van der Waals surface area contributed by atoms with Crippen molar-refractivity contribution in [1.82, 2.24) is 15.0 Å². The van der Waals surface area contributed by atoms with Gasteiger partial charge >= 0.3 is 5.97 Å². The number of para-hydroxylation sites is 2. The van der Waals surface area contributed by atoms with Crippen LogP contribution in [0.25, 0.3) is 33.5 Å². The first-order valence-corrected chi connectivity index (χ1v) is 8.69. The quantitative estimate of drug-likeness (QED) is 0.441. The Kier molecular flexibility index (Phi) is 4.31. The van der Waals surface area contributed by atoms with E-state index in [1.165, 1.54) is 5.56 Å². The van der Waals surface area contributed by atoms with Crippen molar-refractivity contribution in [2.45, 2.75) is 13.3 Å². The van der Waals surface area contributed by atoms with E-state index in [1.54, 1.807) is 6.07 Å². The van der Waals surface area contributed by atoms with Gasteiger partial charge < -0.3 is 9.72 Å². The van der Waals surface area contributed by atoms with Gasteiger partial charge in [0.15, 0.2) is 12.4 Å². The van der Waals surface area contributed by atoms with E-state index < -0.39 is 5.97 Å². The lowest BCUT2D eigenvalue weighted by Gasteiger charge is -2.09. The number of benzene rings is 2. The maximum absolute atomic E-state index is 12.6. The maximum atomic E-state index is 12.6. The van der Waals surface area contributed by atoms with Crippen LogP contribution in [0.1, 0.15) is 22.8 Å². The number of hydrogen-bond donors (Lipinski definition) is 1. The molecule has 0 radical (unpaired) electrons. The van der Waals surface area contributed by atoms with Gasteiger partial charge in [-0.15, -0.1) is 6.42 Å². The molecule has 0 saturated heterocycles. The highest BCUT2D eigenvalue weighted by molar-refractivity contribution is 6.00. The molecule has 4 aromatic rings. The molecule has 0 atom stereocenters. The number of aromatic nitrogens is 3. The molecule has 0 bridgehead atoms. The summed E-state index contributed by atoms with van der Waals surface area (Å²) in [6.07, 6.45) is 6.12. The second-order valence-corrected chi connectivity index (χ2v) is 6.15. The molecule has 4 rings (SSSR count). The highest BCUT2D eigenvalue weighted by atomic mass is 16.5. The van der Waals surface area contributed by atoms with Crippen molar-refractivity contribution in [3.8, 4) is 23.9 Å². The van der Waals surface area contributed by atoms with Crippen molar-refractivity contribution in [3.05, 3.63) is 59.7 Å². The molecule has 0 aliphatic carbocycles. The van der Waals surface area contributed by atoms with Gasteiger partial charge in [-0.25, -0.2) is 14.8 Å². The number of rotatable bonds is 4. The molecular formula is C22H17N3O2. The zero-order chi connectivity index (χ0) is 18.8. The number of H-pyrrole nitrogens is 1. The van der Waals surface area contributed by atoms with E-state index in [0.717, 1.165) is 28.4 Å². The normalized spacial score (nSPS) is 10.8. The lowest BCUT2D eigenvalue weighted by atomic mass is 10.1. The van der Waals surface area contributed by atoms with E-state index >= 15 is 0 Å². The minimum absolute atomic E-state index is 0.0918. The number of nitrogens with zero attached hydrogens (tertiary/aromatic N) is 2. The van der Waals surface area contributed by atoms with E-state index in [0.29, 0.717) is 17.1 Å². The Hall–Kier alpha value is -3.65. The van der Waals surface area contributed by atoms with Crippen LogP contribution in [0.3, 0.4) is 0 Å². The van der Waals surface area contributed by atoms with Crippen LogP contribution < -0.4 is 0 Å². The van der Waals surface area contributed by atoms with E-state index in [4.69, 9.17) is 16.1 Å². The molecule has 5 heteroatoms. The van der Waals surface area contributed by atoms with Gasteiger partial charge in [0.25, 0.3) is 0 Å². The fourth-order valence-electron chi connectivity index (χ4n) is 3.03. The first kappa shape index (κ1) is 16.8. The van der Waals surface area contributed by atoms with Gasteiger partial charge in [-0.2, -0.15) is 0 Å². The molecule has 0 unspecified atom stereocenters. The molecule has 1 N–H and O–H groups in total. The van der Waals surface area contributed by atoms with Crippen molar-refractivity contribution >= 4 is 27.9 Å². The molecular weight excluding hydrogens is 338 g/mol. The summed E-state index contributed by atoms with van der Waals surface area (Å²) in [4.78, 5) is 25.1. The predicted octanol–water partition coefficient (Wildman–Crippen LogP) is 4.13. The third-order valence-electron chi connectivity index (χ3n) is 4.41. The smallest absolute Gasteiger partial charge is 0.341 e. The number of aryl methyl sites for hydroxylation is 1. The number of aromatic amines is 1. The Balaban J connectivity index is 1.93. The third-order valence-corrected chi connectivity index (χ3v) is 4.41. The molecule has 2 aromatic heterocycles. The number of imidazole rings is 1. The van der Waals surface area contributed by atoms with Crippen LogP contribution in [-0.2, 0) is 11.2 Å². The average molecular weight is 355 g/mol. The highest BCUT2D eigenvalue weighted by Gasteiger charge is 2.20. The number of hydrogen-bond acceptors (Lipinski definition) is 4. The van der Waals surface area contributed by atoms with Crippen LogP contribution in [0.4, 0.5) is 0 Å². The lowest BCUT2D eigenvalue weighted by molar-refractivity contribution is 0.0557. The number of ether oxygens (including phenoxy) is 1. The Morgan fingerprint density at radius 1 is 1.15 bits per heavy atom. The third kappa shape index (κ3) is 3.13. The zero-order valence-electron chi connectivity index (χ0n) is 14.8. The molecule has 0 aliphatic rings. The molecule has 5 nitrogen and oxygen atoms in total. The van der Waals surface area contributed by atoms with Crippen LogP contribution in [0.15, 0.2) is 48.5 Å². The summed E-state index contributed by atoms with van der Waals surface area (Å²) in [5, 5.41) is 0.877. The summed E-state index contributed by atoms with van der Waals surface area (Å²) in [5.41, 5.74) is 4.42. The molecule has 27 heavy (non-hydrogen) atoms.